The lowest BCUT2D eigenvalue weighted by Crippen LogP contribution is -2.33. The summed E-state index contributed by atoms with van der Waals surface area (Å²) in [7, 11) is 1.96. The molecule has 0 radical (unpaired) electrons. The van der Waals surface area contributed by atoms with Crippen molar-refractivity contribution in [1.29, 1.82) is 0 Å². The van der Waals surface area contributed by atoms with Crippen molar-refractivity contribution in [2.24, 2.45) is 13.0 Å². The topological polar surface area (TPSA) is 51.0 Å². The van der Waals surface area contributed by atoms with Crippen LogP contribution in [0.5, 0.6) is 0 Å². The Morgan fingerprint density at radius 2 is 2.23 bits per heavy atom. The fourth-order valence-corrected chi connectivity index (χ4v) is 3.11. The fraction of sp³-hybridized carbons (Fsp3) is 0.471. The van der Waals surface area contributed by atoms with Crippen LogP contribution >= 0.6 is 0 Å². The Morgan fingerprint density at radius 1 is 1.41 bits per heavy atom. The number of carbonyl (C=O) groups excluding carboxylic acids is 1. The Balaban J connectivity index is 1.92. The molecule has 1 saturated heterocycles. The minimum atomic E-state index is 0.0407. The Morgan fingerprint density at radius 3 is 2.91 bits per heavy atom. The number of amides is 1. The van der Waals surface area contributed by atoms with E-state index in [1.807, 2.05) is 48.8 Å². The Kier molecular flexibility index (Phi) is 3.96. The maximum Gasteiger partial charge on any atom is 0.225 e. The van der Waals surface area contributed by atoms with Crippen LogP contribution in [-0.4, -0.2) is 31.9 Å². The molecule has 0 saturated carbocycles. The maximum absolute atomic E-state index is 12.4. The first-order valence-corrected chi connectivity index (χ1v) is 7.81. The van der Waals surface area contributed by atoms with Crippen molar-refractivity contribution in [2.45, 2.75) is 32.7 Å². The molecule has 0 aliphatic carbocycles. The summed E-state index contributed by atoms with van der Waals surface area (Å²) >= 11 is 0. The molecule has 1 atom stereocenters. The number of pyridine rings is 1. The van der Waals surface area contributed by atoms with Gasteiger partial charge in [0.25, 0.3) is 0 Å². The molecule has 1 aliphatic rings. The first kappa shape index (κ1) is 14.8. The van der Waals surface area contributed by atoms with E-state index in [2.05, 4.69) is 16.0 Å². The van der Waals surface area contributed by atoms with E-state index in [1.54, 1.807) is 6.33 Å². The third kappa shape index (κ3) is 2.63. The van der Waals surface area contributed by atoms with E-state index < -0.39 is 0 Å². The number of carbonyl (C=O) groups is 1. The van der Waals surface area contributed by atoms with Gasteiger partial charge >= 0.3 is 0 Å². The first-order valence-electron chi connectivity index (χ1n) is 7.81. The molecule has 5 heteroatoms. The van der Waals surface area contributed by atoms with E-state index in [-0.39, 0.29) is 17.9 Å². The minimum Gasteiger partial charge on any atom is -0.335 e. The SMILES string of the molecule is CC(C)C(=O)N1CCC[C@@H]1c1ccnc(-c2cncn2C)c1. The highest BCUT2D eigenvalue weighted by atomic mass is 16.2. The van der Waals surface area contributed by atoms with Gasteiger partial charge in [0.1, 0.15) is 0 Å². The van der Waals surface area contributed by atoms with Crippen molar-refractivity contribution >= 4 is 5.91 Å². The van der Waals surface area contributed by atoms with E-state index >= 15 is 0 Å². The number of aryl methyl sites for hydroxylation is 1. The number of imidazole rings is 1. The fourth-order valence-electron chi connectivity index (χ4n) is 3.11. The van der Waals surface area contributed by atoms with Gasteiger partial charge in [-0.05, 0) is 30.5 Å². The minimum absolute atomic E-state index is 0.0407. The summed E-state index contributed by atoms with van der Waals surface area (Å²) in [6, 6.07) is 4.29. The summed E-state index contributed by atoms with van der Waals surface area (Å²) in [5, 5.41) is 0. The first-order chi connectivity index (χ1) is 10.6. The molecule has 0 aromatic carbocycles. The van der Waals surface area contributed by atoms with E-state index in [0.29, 0.717) is 0 Å². The number of rotatable bonds is 3. The molecule has 1 aliphatic heterocycles. The number of likely N-dealkylation sites (tertiary alicyclic amines) is 1. The van der Waals surface area contributed by atoms with Crippen LogP contribution < -0.4 is 0 Å². The second kappa shape index (κ2) is 5.91. The molecule has 0 spiro atoms. The zero-order valence-electron chi connectivity index (χ0n) is 13.4. The highest BCUT2D eigenvalue weighted by Crippen LogP contribution is 2.34. The molecule has 0 bridgehead atoms. The summed E-state index contributed by atoms with van der Waals surface area (Å²) in [6.45, 7) is 4.78. The number of nitrogens with zero attached hydrogens (tertiary/aromatic N) is 4. The highest BCUT2D eigenvalue weighted by molar-refractivity contribution is 5.79. The summed E-state index contributed by atoms with van der Waals surface area (Å²) in [6.07, 6.45) is 7.50. The van der Waals surface area contributed by atoms with Crippen LogP contribution in [-0.2, 0) is 11.8 Å². The van der Waals surface area contributed by atoms with Crippen molar-refractivity contribution in [1.82, 2.24) is 19.4 Å². The van der Waals surface area contributed by atoms with E-state index in [9.17, 15) is 4.79 Å². The lowest BCUT2D eigenvalue weighted by molar-refractivity contribution is -0.135. The van der Waals surface area contributed by atoms with Crippen LogP contribution in [0.25, 0.3) is 11.4 Å². The standard InChI is InChI=1S/C17H22N4O/c1-12(2)17(22)21-8-4-5-15(21)13-6-7-19-14(9-13)16-10-18-11-20(16)3/h6-7,9-12,15H,4-5,8H2,1-3H3/t15-/m1/s1. The van der Waals surface area contributed by atoms with Gasteiger partial charge < -0.3 is 9.47 Å². The van der Waals surface area contributed by atoms with Crippen LogP contribution in [0.1, 0.15) is 38.3 Å². The quantitative estimate of drug-likeness (QED) is 0.875. The van der Waals surface area contributed by atoms with Crippen LogP contribution in [0, 0.1) is 5.92 Å². The molecule has 1 fully saturated rings. The lowest BCUT2D eigenvalue weighted by Gasteiger charge is -2.27. The van der Waals surface area contributed by atoms with Crippen molar-refractivity contribution in [2.75, 3.05) is 6.54 Å². The molecule has 3 rings (SSSR count). The monoisotopic (exact) mass is 298 g/mol. The van der Waals surface area contributed by atoms with E-state index in [1.165, 1.54) is 0 Å². The number of aromatic nitrogens is 3. The van der Waals surface area contributed by atoms with Crippen LogP contribution in [0.15, 0.2) is 30.9 Å². The predicted molar refractivity (Wildman–Crippen MR) is 85.0 cm³/mol. The van der Waals surface area contributed by atoms with Gasteiger partial charge in [-0.25, -0.2) is 4.98 Å². The second-order valence-electron chi connectivity index (χ2n) is 6.21. The zero-order chi connectivity index (χ0) is 15.7. The Bertz CT molecular complexity index is 677. The number of hydrogen-bond donors (Lipinski definition) is 0. The summed E-state index contributed by atoms with van der Waals surface area (Å²) in [5.74, 6) is 0.278. The van der Waals surface area contributed by atoms with E-state index in [0.717, 1.165) is 36.3 Å². The molecule has 116 valence electrons. The van der Waals surface area contributed by atoms with Gasteiger partial charge in [-0.3, -0.25) is 9.78 Å². The van der Waals surface area contributed by atoms with Gasteiger partial charge in [-0.15, -0.1) is 0 Å². The summed E-state index contributed by atoms with van der Waals surface area (Å²) < 4.78 is 1.96. The normalized spacial score (nSPS) is 18.2. The smallest absolute Gasteiger partial charge is 0.225 e. The summed E-state index contributed by atoms with van der Waals surface area (Å²) in [5.41, 5.74) is 3.06. The van der Waals surface area contributed by atoms with E-state index in [4.69, 9.17) is 0 Å². The van der Waals surface area contributed by atoms with Crippen LogP contribution in [0.2, 0.25) is 0 Å². The Hall–Kier alpha value is -2.17. The maximum atomic E-state index is 12.4. The van der Waals surface area contributed by atoms with Gasteiger partial charge in [-0.2, -0.15) is 0 Å². The largest absolute Gasteiger partial charge is 0.335 e. The average Bonchev–Trinajstić information content (AvgIpc) is 3.15. The highest BCUT2D eigenvalue weighted by Gasteiger charge is 2.31. The third-order valence-corrected chi connectivity index (χ3v) is 4.28. The predicted octanol–water partition coefficient (Wildman–Crippen LogP) is 2.80. The van der Waals surface area contributed by atoms with Crippen molar-refractivity contribution in [3.63, 3.8) is 0 Å². The van der Waals surface area contributed by atoms with Crippen LogP contribution in [0.4, 0.5) is 0 Å². The van der Waals surface area contributed by atoms with Gasteiger partial charge in [0.15, 0.2) is 0 Å². The Labute approximate surface area is 131 Å². The molecule has 2 aromatic rings. The van der Waals surface area contributed by atoms with Crippen molar-refractivity contribution < 1.29 is 4.79 Å². The molecule has 0 N–H and O–H groups in total. The van der Waals surface area contributed by atoms with Crippen molar-refractivity contribution in [3.05, 3.63) is 36.4 Å². The molecular formula is C17H22N4O. The average molecular weight is 298 g/mol. The molecule has 1 amide bonds. The lowest BCUT2D eigenvalue weighted by atomic mass is 10.0. The van der Waals surface area contributed by atoms with Gasteiger partial charge in [0, 0.05) is 25.7 Å². The molecule has 22 heavy (non-hydrogen) atoms. The molecule has 2 aromatic heterocycles. The van der Waals surface area contributed by atoms with Gasteiger partial charge in [0.05, 0.1) is 30.0 Å². The third-order valence-electron chi connectivity index (χ3n) is 4.28. The van der Waals surface area contributed by atoms with Crippen molar-refractivity contribution in [3.8, 4) is 11.4 Å². The summed E-state index contributed by atoms with van der Waals surface area (Å²) in [4.78, 5) is 23.0. The number of hydrogen-bond acceptors (Lipinski definition) is 3. The van der Waals surface area contributed by atoms with Gasteiger partial charge in [0.2, 0.25) is 5.91 Å². The zero-order valence-corrected chi connectivity index (χ0v) is 13.4. The second-order valence-corrected chi connectivity index (χ2v) is 6.21. The van der Waals surface area contributed by atoms with Gasteiger partial charge in [-0.1, -0.05) is 13.8 Å². The molecule has 0 unspecified atom stereocenters. The van der Waals surface area contributed by atoms with Crippen LogP contribution in [0.3, 0.4) is 0 Å². The molecule has 3 heterocycles. The molecular weight excluding hydrogens is 276 g/mol. The molecule has 5 nitrogen and oxygen atoms in total.